The van der Waals surface area contributed by atoms with E-state index in [9.17, 15) is 9.59 Å². The minimum atomic E-state index is -0.690. The van der Waals surface area contributed by atoms with Crippen LogP contribution in [0.4, 0.5) is 0 Å². The Bertz CT molecular complexity index is 547. The van der Waals surface area contributed by atoms with Crippen molar-refractivity contribution in [1.82, 2.24) is 0 Å². The number of rotatable bonds is 7. The van der Waals surface area contributed by atoms with E-state index in [0.29, 0.717) is 17.9 Å². The van der Waals surface area contributed by atoms with Gasteiger partial charge in [0.2, 0.25) is 0 Å². The summed E-state index contributed by atoms with van der Waals surface area (Å²) in [5.41, 5.74) is 1.08. The van der Waals surface area contributed by atoms with Gasteiger partial charge in [-0.3, -0.25) is 4.79 Å². The van der Waals surface area contributed by atoms with Gasteiger partial charge in [-0.05, 0) is 62.1 Å². The van der Waals surface area contributed by atoms with Crippen LogP contribution in [0, 0.1) is 5.92 Å². The molecule has 4 nitrogen and oxygen atoms in total. The number of alkyl halides is 1. The average molecular weight is 353 g/mol. The number of aliphatic carboxylic acids is 1. The van der Waals surface area contributed by atoms with Crippen molar-refractivity contribution in [3.63, 3.8) is 0 Å². The molecule has 2 rings (SSSR count). The molecule has 1 aliphatic rings. The lowest BCUT2D eigenvalue weighted by Gasteiger charge is -2.26. The lowest BCUT2D eigenvalue weighted by molar-refractivity contribution is -0.142. The fourth-order valence-corrected chi connectivity index (χ4v) is 3.41. The number of carbonyl (C=O) groups excluding carboxylic acids is 1. The van der Waals surface area contributed by atoms with Gasteiger partial charge in [-0.2, -0.15) is 0 Å². The van der Waals surface area contributed by atoms with E-state index in [2.05, 4.69) is 6.92 Å². The van der Waals surface area contributed by atoms with Crippen molar-refractivity contribution in [3.8, 4) is 0 Å². The van der Waals surface area contributed by atoms with Gasteiger partial charge in [-0.25, -0.2) is 4.79 Å². The largest absolute Gasteiger partial charge is 0.481 e. The minimum absolute atomic E-state index is 0.209. The van der Waals surface area contributed by atoms with Gasteiger partial charge in [0.05, 0.1) is 11.5 Å². The van der Waals surface area contributed by atoms with E-state index in [0.717, 1.165) is 44.1 Å². The molecular formula is C19H25ClO4. The quantitative estimate of drug-likeness (QED) is 0.556. The summed E-state index contributed by atoms with van der Waals surface area (Å²) in [7, 11) is 0. The van der Waals surface area contributed by atoms with Gasteiger partial charge in [0.25, 0.3) is 0 Å². The van der Waals surface area contributed by atoms with Crippen molar-refractivity contribution in [2.24, 2.45) is 5.92 Å². The molecule has 0 radical (unpaired) electrons. The first-order valence-corrected chi connectivity index (χ1v) is 9.12. The molecule has 1 N–H and O–H groups in total. The third-order valence-corrected chi connectivity index (χ3v) is 5.02. The zero-order valence-corrected chi connectivity index (χ0v) is 14.8. The summed E-state index contributed by atoms with van der Waals surface area (Å²) in [5.74, 6) is -0.923. The summed E-state index contributed by atoms with van der Waals surface area (Å²) in [6.45, 7) is 2.06. The first-order valence-electron chi connectivity index (χ1n) is 8.69. The molecule has 132 valence electrons. The highest BCUT2D eigenvalue weighted by Gasteiger charge is 2.26. The Morgan fingerprint density at radius 2 is 1.83 bits per heavy atom. The van der Waals surface area contributed by atoms with Gasteiger partial charge in [0.1, 0.15) is 0 Å². The third-order valence-electron chi connectivity index (χ3n) is 4.71. The Labute approximate surface area is 148 Å². The molecule has 1 fully saturated rings. The summed E-state index contributed by atoms with van der Waals surface area (Å²) < 4.78 is 5.23. The van der Waals surface area contributed by atoms with Gasteiger partial charge >= 0.3 is 11.9 Å². The number of carboxylic acids is 1. The predicted octanol–water partition coefficient (Wildman–Crippen LogP) is 4.96. The van der Waals surface area contributed by atoms with Crippen LogP contribution >= 0.6 is 11.6 Å². The van der Waals surface area contributed by atoms with E-state index in [-0.39, 0.29) is 5.92 Å². The zero-order chi connectivity index (χ0) is 17.5. The SMILES string of the molecule is CCCCC(Cl)OC(=O)c1ccc(C2CCC(C(=O)O)CC2)cc1. The highest BCUT2D eigenvalue weighted by Crippen LogP contribution is 2.35. The molecule has 1 aromatic rings. The molecular weight excluding hydrogens is 328 g/mol. The molecule has 0 aliphatic heterocycles. The molecule has 0 amide bonds. The van der Waals surface area contributed by atoms with E-state index in [1.54, 1.807) is 12.1 Å². The Balaban J connectivity index is 1.89. The molecule has 1 unspecified atom stereocenters. The number of ether oxygens (including phenoxy) is 1. The maximum atomic E-state index is 12.1. The van der Waals surface area contributed by atoms with Gasteiger partial charge in [-0.1, -0.05) is 37.1 Å². The lowest BCUT2D eigenvalue weighted by atomic mass is 9.78. The second-order valence-corrected chi connectivity index (χ2v) is 6.95. The molecule has 0 saturated heterocycles. The predicted molar refractivity (Wildman–Crippen MR) is 93.4 cm³/mol. The molecule has 1 atom stereocenters. The number of carboxylic acid groups (broad SMARTS) is 1. The van der Waals surface area contributed by atoms with Gasteiger partial charge < -0.3 is 9.84 Å². The number of unbranched alkanes of at least 4 members (excludes halogenated alkanes) is 1. The van der Waals surface area contributed by atoms with Crippen molar-refractivity contribution in [1.29, 1.82) is 0 Å². The van der Waals surface area contributed by atoms with Crippen LogP contribution in [-0.2, 0) is 9.53 Å². The van der Waals surface area contributed by atoms with E-state index >= 15 is 0 Å². The van der Waals surface area contributed by atoms with Crippen LogP contribution in [0.2, 0.25) is 0 Å². The molecule has 1 saturated carbocycles. The van der Waals surface area contributed by atoms with Crippen LogP contribution in [0.25, 0.3) is 0 Å². The molecule has 0 bridgehead atoms. The van der Waals surface area contributed by atoms with Crippen LogP contribution in [0.3, 0.4) is 0 Å². The Hall–Kier alpha value is -1.55. The number of hydrogen-bond donors (Lipinski definition) is 1. The molecule has 0 aromatic heterocycles. The first kappa shape index (κ1) is 18.8. The van der Waals surface area contributed by atoms with Crippen molar-refractivity contribution in [2.45, 2.75) is 63.4 Å². The highest BCUT2D eigenvalue weighted by molar-refractivity contribution is 6.20. The summed E-state index contributed by atoms with van der Waals surface area (Å²) in [6.07, 6.45) is 5.79. The van der Waals surface area contributed by atoms with Crippen LogP contribution < -0.4 is 0 Å². The van der Waals surface area contributed by atoms with E-state index in [1.807, 2.05) is 12.1 Å². The van der Waals surface area contributed by atoms with Crippen LogP contribution in [0.15, 0.2) is 24.3 Å². The van der Waals surface area contributed by atoms with Crippen molar-refractivity contribution < 1.29 is 19.4 Å². The third kappa shape index (κ3) is 5.23. The van der Waals surface area contributed by atoms with E-state index < -0.39 is 17.5 Å². The number of hydrogen-bond acceptors (Lipinski definition) is 3. The van der Waals surface area contributed by atoms with Crippen LogP contribution in [0.5, 0.6) is 0 Å². The van der Waals surface area contributed by atoms with Crippen LogP contribution in [0.1, 0.15) is 73.7 Å². The fourth-order valence-electron chi connectivity index (χ4n) is 3.17. The van der Waals surface area contributed by atoms with E-state index in [1.165, 1.54) is 0 Å². The Kier molecular flexibility index (Phi) is 7.10. The molecule has 24 heavy (non-hydrogen) atoms. The molecule has 0 spiro atoms. The highest BCUT2D eigenvalue weighted by atomic mass is 35.5. The van der Waals surface area contributed by atoms with Gasteiger partial charge in [-0.15, -0.1) is 0 Å². The average Bonchev–Trinajstić information content (AvgIpc) is 2.60. The molecule has 0 heterocycles. The molecule has 1 aromatic carbocycles. The number of esters is 1. The lowest BCUT2D eigenvalue weighted by Crippen LogP contribution is -2.20. The number of halogens is 1. The second kappa shape index (κ2) is 9.07. The topological polar surface area (TPSA) is 63.6 Å². The summed E-state index contributed by atoms with van der Waals surface area (Å²) in [6, 6.07) is 7.42. The van der Waals surface area contributed by atoms with Crippen molar-refractivity contribution in [3.05, 3.63) is 35.4 Å². The zero-order valence-electron chi connectivity index (χ0n) is 14.0. The minimum Gasteiger partial charge on any atom is -0.481 e. The Morgan fingerprint density at radius 1 is 1.21 bits per heavy atom. The summed E-state index contributed by atoms with van der Waals surface area (Å²) in [5, 5.41) is 9.06. The van der Waals surface area contributed by atoms with Crippen molar-refractivity contribution in [2.75, 3.05) is 0 Å². The normalized spacial score (nSPS) is 21.9. The molecule has 1 aliphatic carbocycles. The maximum absolute atomic E-state index is 12.1. The van der Waals surface area contributed by atoms with Crippen molar-refractivity contribution >= 4 is 23.5 Å². The first-order chi connectivity index (χ1) is 11.5. The van der Waals surface area contributed by atoms with Crippen LogP contribution in [-0.4, -0.2) is 22.6 Å². The summed E-state index contributed by atoms with van der Waals surface area (Å²) in [4.78, 5) is 23.1. The van der Waals surface area contributed by atoms with Gasteiger partial charge in [0.15, 0.2) is 5.56 Å². The second-order valence-electron chi connectivity index (χ2n) is 6.47. The smallest absolute Gasteiger partial charge is 0.339 e. The fraction of sp³-hybridized carbons (Fsp3) is 0.579. The van der Waals surface area contributed by atoms with Gasteiger partial charge in [0, 0.05) is 0 Å². The number of benzene rings is 1. The molecule has 5 heteroatoms. The maximum Gasteiger partial charge on any atom is 0.339 e. The summed E-state index contributed by atoms with van der Waals surface area (Å²) >= 11 is 6.01. The van der Waals surface area contributed by atoms with E-state index in [4.69, 9.17) is 21.4 Å². The standard InChI is InChI=1S/C19H25ClO4/c1-2-3-4-17(20)24-19(23)16-11-7-14(8-12-16)13-5-9-15(10-6-13)18(21)22/h7-8,11-13,15,17H,2-6,9-10H2,1H3,(H,21,22). The monoisotopic (exact) mass is 352 g/mol. The number of carbonyl (C=O) groups is 2. The Morgan fingerprint density at radius 3 is 2.38 bits per heavy atom.